The summed E-state index contributed by atoms with van der Waals surface area (Å²) in [5.41, 5.74) is -0.580. The van der Waals surface area contributed by atoms with Crippen molar-refractivity contribution in [2.24, 2.45) is 7.05 Å². The lowest BCUT2D eigenvalue weighted by Gasteiger charge is -2.43. The van der Waals surface area contributed by atoms with Crippen LogP contribution in [0.15, 0.2) is 21.7 Å². The van der Waals surface area contributed by atoms with Crippen LogP contribution in [-0.2, 0) is 11.8 Å². The van der Waals surface area contributed by atoms with Gasteiger partial charge in [-0.15, -0.1) is 0 Å². The van der Waals surface area contributed by atoms with E-state index in [0.29, 0.717) is 13.2 Å². The lowest BCUT2D eigenvalue weighted by Crippen LogP contribution is -2.55. The van der Waals surface area contributed by atoms with Gasteiger partial charge in [-0.3, -0.25) is 19.1 Å². The molecular formula is C17H20N4O4. The van der Waals surface area contributed by atoms with Crippen LogP contribution in [0.5, 0.6) is 0 Å². The van der Waals surface area contributed by atoms with Gasteiger partial charge in [0.15, 0.2) is 0 Å². The molecule has 0 radical (unpaired) electrons. The number of nitrogens with one attached hydrogen (secondary N) is 1. The van der Waals surface area contributed by atoms with E-state index in [4.69, 9.17) is 4.74 Å². The van der Waals surface area contributed by atoms with E-state index in [-0.39, 0.29) is 34.8 Å². The average molecular weight is 344 g/mol. The van der Waals surface area contributed by atoms with Crippen LogP contribution in [0.25, 0.3) is 11.0 Å². The van der Waals surface area contributed by atoms with E-state index in [9.17, 15) is 14.4 Å². The molecule has 1 aliphatic heterocycles. The number of hydrogen-bond acceptors (Lipinski definition) is 5. The Morgan fingerprint density at radius 1 is 1.28 bits per heavy atom. The Labute approximate surface area is 143 Å². The molecule has 132 valence electrons. The Hall–Kier alpha value is -2.48. The van der Waals surface area contributed by atoms with Crippen molar-refractivity contribution in [2.45, 2.75) is 37.8 Å². The molecule has 0 bridgehead atoms. The number of fused-ring (bicyclic) bond motifs is 2. The van der Waals surface area contributed by atoms with Gasteiger partial charge in [0.05, 0.1) is 24.1 Å². The number of rotatable bonds is 1. The second-order valence-electron chi connectivity index (χ2n) is 6.65. The minimum absolute atomic E-state index is 0.0792. The number of ether oxygens (including phenoxy) is 1. The normalized spacial score (nSPS) is 23.5. The van der Waals surface area contributed by atoms with Crippen molar-refractivity contribution in [1.82, 2.24) is 19.4 Å². The number of aryl methyl sites for hydroxylation is 1. The highest BCUT2D eigenvalue weighted by Gasteiger charge is 2.37. The Morgan fingerprint density at radius 2 is 2.08 bits per heavy atom. The maximum atomic E-state index is 13.0. The van der Waals surface area contributed by atoms with Gasteiger partial charge in [0, 0.05) is 13.6 Å². The fourth-order valence-corrected chi connectivity index (χ4v) is 3.84. The van der Waals surface area contributed by atoms with E-state index in [2.05, 4.69) is 9.97 Å². The lowest BCUT2D eigenvalue weighted by molar-refractivity contribution is -0.0754. The van der Waals surface area contributed by atoms with E-state index < -0.39 is 11.2 Å². The first-order valence-corrected chi connectivity index (χ1v) is 8.59. The van der Waals surface area contributed by atoms with E-state index >= 15 is 0 Å². The summed E-state index contributed by atoms with van der Waals surface area (Å²) in [4.78, 5) is 45.1. The monoisotopic (exact) mass is 344 g/mol. The Bertz CT molecular complexity index is 946. The van der Waals surface area contributed by atoms with Crippen LogP contribution in [0, 0.1) is 0 Å². The zero-order valence-electron chi connectivity index (χ0n) is 14.0. The predicted molar refractivity (Wildman–Crippen MR) is 90.6 cm³/mol. The number of hydrogen-bond donors (Lipinski definition) is 1. The minimum Gasteiger partial charge on any atom is -0.374 e. The zero-order valence-corrected chi connectivity index (χ0v) is 14.0. The summed E-state index contributed by atoms with van der Waals surface area (Å²) in [7, 11) is 1.52. The van der Waals surface area contributed by atoms with Crippen LogP contribution in [0.3, 0.4) is 0 Å². The first-order chi connectivity index (χ1) is 12.1. The molecule has 1 amide bonds. The summed E-state index contributed by atoms with van der Waals surface area (Å²) in [6.45, 7) is 1.06. The maximum absolute atomic E-state index is 13.0. The predicted octanol–water partition coefficient (Wildman–Crippen LogP) is 0.405. The fraction of sp³-hybridized carbons (Fsp3) is 0.529. The Kier molecular flexibility index (Phi) is 3.91. The minimum atomic E-state index is -0.548. The number of amides is 1. The molecule has 4 rings (SSSR count). The molecule has 3 heterocycles. The molecule has 2 aliphatic rings. The zero-order chi connectivity index (χ0) is 17.6. The van der Waals surface area contributed by atoms with E-state index in [1.807, 2.05) is 4.90 Å². The van der Waals surface area contributed by atoms with Crippen molar-refractivity contribution >= 4 is 16.9 Å². The van der Waals surface area contributed by atoms with Crippen molar-refractivity contribution in [3.05, 3.63) is 38.7 Å². The molecule has 8 nitrogen and oxygen atoms in total. The van der Waals surface area contributed by atoms with Gasteiger partial charge in [-0.1, -0.05) is 12.8 Å². The van der Waals surface area contributed by atoms with Crippen LogP contribution >= 0.6 is 0 Å². The molecule has 1 saturated carbocycles. The van der Waals surface area contributed by atoms with Crippen LogP contribution in [0.4, 0.5) is 0 Å². The third kappa shape index (κ3) is 2.66. The number of carbonyl (C=O) groups is 1. The largest absolute Gasteiger partial charge is 0.374 e. The van der Waals surface area contributed by atoms with Gasteiger partial charge in [-0.25, -0.2) is 9.78 Å². The van der Waals surface area contributed by atoms with Crippen molar-refractivity contribution in [2.75, 3.05) is 13.2 Å². The third-order valence-corrected chi connectivity index (χ3v) is 5.17. The first-order valence-electron chi connectivity index (χ1n) is 8.59. The Morgan fingerprint density at radius 3 is 2.92 bits per heavy atom. The third-order valence-electron chi connectivity index (χ3n) is 5.17. The van der Waals surface area contributed by atoms with Crippen LogP contribution < -0.4 is 11.2 Å². The molecule has 1 N–H and O–H groups in total. The van der Waals surface area contributed by atoms with Gasteiger partial charge >= 0.3 is 5.69 Å². The van der Waals surface area contributed by atoms with Crippen LogP contribution in [0.1, 0.15) is 36.2 Å². The first kappa shape index (κ1) is 16.0. The van der Waals surface area contributed by atoms with Gasteiger partial charge in [-0.05, 0) is 25.0 Å². The van der Waals surface area contributed by atoms with Gasteiger partial charge in [0.25, 0.3) is 11.5 Å². The highest BCUT2D eigenvalue weighted by atomic mass is 16.5. The molecule has 2 aromatic heterocycles. The number of nitrogens with zero attached hydrogens (tertiary/aromatic N) is 3. The topological polar surface area (TPSA) is 97.3 Å². The SMILES string of the molecule is Cn1c(=O)[nH]c(=O)c2ccc(C(=O)N3CCOC4CCCCC43)nc21. The second-order valence-corrected chi connectivity index (χ2v) is 6.65. The van der Waals surface area contributed by atoms with Crippen molar-refractivity contribution < 1.29 is 9.53 Å². The van der Waals surface area contributed by atoms with Gasteiger partial charge in [0.2, 0.25) is 0 Å². The standard InChI is InChI=1S/C17H20N4O4/c1-20-14-10(15(22)19-17(20)24)6-7-11(18-14)16(23)21-8-9-25-13-5-3-2-4-12(13)21/h6-7,12-13H,2-5,8-9H2,1H3,(H,19,22,24). The molecule has 0 spiro atoms. The van der Waals surface area contributed by atoms with E-state index in [1.54, 1.807) is 12.1 Å². The number of morpholine rings is 1. The summed E-state index contributed by atoms with van der Waals surface area (Å²) in [5, 5.41) is 0.288. The van der Waals surface area contributed by atoms with Gasteiger partial charge in [0.1, 0.15) is 11.3 Å². The highest BCUT2D eigenvalue weighted by molar-refractivity contribution is 5.94. The Balaban J connectivity index is 1.73. The maximum Gasteiger partial charge on any atom is 0.329 e. The number of aromatic amines is 1. The molecule has 0 aromatic carbocycles. The second kappa shape index (κ2) is 6.11. The number of H-pyrrole nitrogens is 1. The summed E-state index contributed by atoms with van der Waals surface area (Å²) in [6, 6.07) is 3.18. The van der Waals surface area contributed by atoms with Crippen molar-refractivity contribution in [1.29, 1.82) is 0 Å². The number of carbonyl (C=O) groups excluding carboxylic acids is 1. The molecule has 8 heteroatoms. The molecule has 2 fully saturated rings. The smallest absolute Gasteiger partial charge is 0.329 e. The van der Waals surface area contributed by atoms with Crippen LogP contribution in [-0.4, -0.2) is 50.6 Å². The highest BCUT2D eigenvalue weighted by Crippen LogP contribution is 2.29. The quantitative estimate of drug-likeness (QED) is 0.808. The molecule has 2 unspecified atom stereocenters. The van der Waals surface area contributed by atoms with Crippen LogP contribution in [0.2, 0.25) is 0 Å². The van der Waals surface area contributed by atoms with Crippen molar-refractivity contribution in [3.8, 4) is 0 Å². The molecule has 1 aliphatic carbocycles. The van der Waals surface area contributed by atoms with Gasteiger partial charge in [-0.2, -0.15) is 0 Å². The fourth-order valence-electron chi connectivity index (χ4n) is 3.84. The molecule has 2 aromatic rings. The summed E-state index contributed by atoms with van der Waals surface area (Å²) >= 11 is 0. The summed E-state index contributed by atoms with van der Waals surface area (Å²) in [5.74, 6) is -0.171. The number of pyridine rings is 1. The van der Waals surface area contributed by atoms with Crippen molar-refractivity contribution in [3.63, 3.8) is 0 Å². The number of aromatic nitrogens is 3. The molecule has 25 heavy (non-hydrogen) atoms. The van der Waals surface area contributed by atoms with E-state index in [1.165, 1.54) is 11.6 Å². The van der Waals surface area contributed by atoms with Gasteiger partial charge < -0.3 is 9.64 Å². The lowest BCUT2D eigenvalue weighted by atomic mass is 9.90. The van der Waals surface area contributed by atoms with E-state index in [0.717, 1.165) is 25.7 Å². The summed E-state index contributed by atoms with van der Waals surface area (Å²) in [6.07, 6.45) is 4.22. The summed E-state index contributed by atoms with van der Waals surface area (Å²) < 4.78 is 7.06. The molecule has 2 atom stereocenters. The molecular weight excluding hydrogens is 324 g/mol. The average Bonchev–Trinajstić information content (AvgIpc) is 2.65. The molecule has 1 saturated heterocycles.